The molecule has 0 bridgehead atoms. The standard InChI is InChI=1S/C11H12N4O2S/c1-5-8(10(16)17)6(2)15(13-5)11-12-9(14-18-11)7-3-4-7/h7H,3-4H2,1-2H3,(H,16,17). The first-order valence-electron chi connectivity index (χ1n) is 5.71. The number of aromatic carboxylic acids is 1. The fourth-order valence-electron chi connectivity index (χ4n) is 1.96. The third kappa shape index (κ3) is 1.71. The monoisotopic (exact) mass is 264 g/mol. The van der Waals surface area contributed by atoms with Gasteiger partial charge in [-0.25, -0.2) is 14.5 Å². The average Bonchev–Trinajstić information content (AvgIpc) is 2.96. The topological polar surface area (TPSA) is 80.9 Å². The predicted molar refractivity (Wildman–Crippen MR) is 65.4 cm³/mol. The molecule has 6 nitrogen and oxygen atoms in total. The number of carboxylic acids is 1. The van der Waals surface area contributed by atoms with Crippen LogP contribution < -0.4 is 0 Å². The largest absolute Gasteiger partial charge is 0.478 e. The molecule has 2 aromatic heterocycles. The molecule has 2 heterocycles. The molecule has 3 rings (SSSR count). The van der Waals surface area contributed by atoms with E-state index in [9.17, 15) is 4.79 Å². The first-order chi connectivity index (χ1) is 8.58. The summed E-state index contributed by atoms with van der Waals surface area (Å²) >= 11 is 1.27. The van der Waals surface area contributed by atoms with Crippen LogP contribution in [0, 0.1) is 13.8 Å². The third-order valence-corrected chi connectivity index (χ3v) is 3.77. The number of aryl methyl sites for hydroxylation is 1. The highest BCUT2D eigenvalue weighted by molar-refractivity contribution is 7.08. The van der Waals surface area contributed by atoms with Crippen molar-refractivity contribution >= 4 is 17.5 Å². The van der Waals surface area contributed by atoms with Crippen molar-refractivity contribution in [2.24, 2.45) is 0 Å². The van der Waals surface area contributed by atoms with Gasteiger partial charge in [-0.1, -0.05) is 0 Å². The minimum Gasteiger partial charge on any atom is -0.478 e. The Morgan fingerprint density at radius 2 is 2.17 bits per heavy atom. The minimum atomic E-state index is -0.955. The Balaban J connectivity index is 2.05. The van der Waals surface area contributed by atoms with Gasteiger partial charge >= 0.3 is 5.97 Å². The normalized spacial score (nSPS) is 15.0. The van der Waals surface area contributed by atoms with Crippen LogP contribution in [-0.4, -0.2) is 30.2 Å². The molecule has 0 spiro atoms. The van der Waals surface area contributed by atoms with Crippen molar-refractivity contribution in [1.82, 2.24) is 19.1 Å². The van der Waals surface area contributed by atoms with Gasteiger partial charge < -0.3 is 5.11 Å². The summed E-state index contributed by atoms with van der Waals surface area (Å²) in [5.74, 6) is 0.397. The van der Waals surface area contributed by atoms with Crippen LogP contribution in [0.4, 0.5) is 0 Å². The van der Waals surface area contributed by atoms with Gasteiger partial charge in [0, 0.05) is 17.5 Å². The van der Waals surface area contributed by atoms with Crippen LogP contribution >= 0.6 is 11.5 Å². The Labute approximate surface area is 107 Å². The molecular weight excluding hydrogens is 252 g/mol. The van der Waals surface area contributed by atoms with Crippen molar-refractivity contribution in [3.63, 3.8) is 0 Å². The molecule has 0 radical (unpaired) electrons. The van der Waals surface area contributed by atoms with E-state index in [1.807, 2.05) is 0 Å². The van der Waals surface area contributed by atoms with Crippen molar-refractivity contribution in [1.29, 1.82) is 0 Å². The number of carboxylic acid groups (broad SMARTS) is 1. The lowest BCUT2D eigenvalue weighted by Gasteiger charge is -1.97. The maximum absolute atomic E-state index is 11.1. The molecule has 0 amide bonds. The van der Waals surface area contributed by atoms with E-state index in [0.717, 1.165) is 18.7 Å². The van der Waals surface area contributed by atoms with Crippen molar-refractivity contribution in [2.45, 2.75) is 32.6 Å². The van der Waals surface area contributed by atoms with E-state index >= 15 is 0 Å². The Bertz CT molecular complexity index is 627. The summed E-state index contributed by atoms with van der Waals surface area (Å²) in [7, 11) is 0. The Morgan fingerprint density at radius 3 is 2.72 bits per heavy atom. The van der Waals surface area contributed by atoms with Crippen LogP contribution in [0.3, 0.4) is 0 Å². The van der Waals surface area contributed by atoms with Crippen molar-refractivity contribution in [2.75, 3.05) is 0 Å². The fourth-order valence-corrected chi connectivity index (χ4v) is 2.71. The molecule has 0 saturated heterocycles. The zero-order chi connectivity index (χ0) is 12.9. The van der Waals surface area contributed by atoms with Crippen LogP contribution in [0.2, 0.25) is 0 Å². The zero-order valence-corrected chi connectivity index (χ0v) is 10.9. The average molecular weight is 264 g/mol. The first-order valence-corrected chi connectivity index (χ1v) is 6.48. The molecule has 1 fully saturated rings. The molecule has 94 valence electrons. The lowest BCUT2D eigenvalue weighted by molar-refractivity contribution is 0.0695. The number of carbonyl (C=O) groups is 1. The summed E-state index contributed by atoms with van der Waals surface area (Å²) in [5, 5.41) is 14.0. The van der Waals surface area contributed by atoms with E-state index in [1.54, 1.807) is 18.5 Å². The summed E-state index contributed by atoms with van der Waals surface area (Å²) in [5.41, 5.74) is 1.35. The lowest BCUT2D eigenvalue weighted by atomic mass is 10.2. The molecule has 1 aliphatic rings. The van der Waals surface area contributed by atoms with Crippen LogP contribution in [0.15, 0.2) is 0 Å². The maximum atomic E-state index is 11.1. The van der Waals surface area contributed by atoms with Crippen LogP contribution in [0.25, 0.3) is 5.13 Å². The lowest BCUT2D eigenvalue weighted by Crippen LogP contribution is -2.02. The summed E-state index contributed by atoms with van der Waals surface area (Å²) in [6.45, 7) is 3.43. The highest BCUT2D eigenvalue weighted by Crippen LogP contribution is 2.39. The maximum Gasteiger partial charge on any atom is 0.339 e. The number of hydrogen-bond donors (Lipinski definition) is 1. The second-order valence-electron chi connectivity index (χ2n) is 4.47. The summed E-state index contributed by atoms with van der Waals surface area (Å²) in [4.78, 5) is 15.6. The van der Waals surface area contributed by atoms with Gasteiger partial charge in [-0.05, 0) is 26.7 Å². The SMILES string of the molecule is Cc1nn(-c2nc(C3CC3)ns2)c(C)c1C(=O)O. The van der Waals surface area contributed by atoms with E-state index < -0.39 is 5.97 Å². The van der Waals surface area contributed by atoms with Crippen molar-refractivity contribution in [3.05, 3.63) is 22.8 Å². The molecule has 1 aliphatic carbocycles. The molecule has 1 saturated carbocycles. The van der Waals surface area contributed by atoms with Crippen LogP contribution in [0.1, 0.15) is 46.3 Å². The molecule has 18 heavy (non-hydrogen) atoms. The Hall–Kier alpha value is -1.76. The van der Waals surface area contributed by atoms with Gasteiger partial charge in [0.05, 0.1) is 11.4 Å². The van der Waals surface area contributed by atoms with Gasteiger partial charge in [0.1, 0.15) is 11.4 Å². The van der Waals surface area contributed by atoms with Gasteiger partial charge in [-0.15, -0.1) is 0 Å². The summed E-state index contributed by atoms with van der Waals surface area (Å²) in [6, 6.07) is 0. The number of hydrogen-bond acceptors (Lipinski definition) is 5. The molecule has 7 heteroatoms. The molecule has 0 aliphatic heterocycles. The Morgan fingerprint density at radius 1 is 1.44 bits per heavy atom. The Kier molecular flexibility index (Phi) is 2.44. The smallest absolute Gasteiger partial charge is 0.339 e. The number of rotatable bonds is 3. The summed E-state index contributed by atoms with van der Waals surface area (Å²) < 4.78 is 5.87. The molecular formula is C11H12N4O2S. The van der Waals surface area contributed by atoms with Crippen LogP contribution in [-0.2, 0) is 0 Å². The second kappa shape index (κ2) is 3.88. The highest BCUT2D eigenvalue weighted by Gasteiger charge is 2.29. The highest BCUT2D eigenvalue weighted by atomic mass is 32.1. The van der Waals surface area contributed by atoms with Crippen molar-refractivity contribution in [3.8, 4) is 5.13 Å². The van der Waals surface area contributed by atoms with E-state index in [1.165, 1.54) is 11.5 Å². The third-order valence-electron chi connectivity index (χ3n) is 3.06. The molecule has 1 N–H and O–H groups in total. The van der Waals surface area contributed by atoms with Gasteiger partial charge in [-0.2, -0.15) is 9.47 Å². The van der Waals surface area contributed by atoms with E-state index in [2.05, 4.69) is 14.5 Å². The van der Waals surface area contributed by atoms with Gasteiger partial charge in [0.15, 0.2) is 0 Å². The molecule has 2 aromatic rings. The van der Waals surface area contributed by atoms with Crippen molar-refractivity contribution < 1.29 is 9.90 Å². The van der Waals surface area contributed by atoms with Gasteiger partial charge in [0.25, 0.3) is 0 Å². The molecule has 0 atom stereocenters. The number of nitrogens with zero attached hydrogens (tertiary/aromatic N) is 4. The molecule has 0 unspecified atom stereocenters. The van der Waals surface area contributed by atoms with E-state index in [-0.39, 0.29) is 5.56 Å². The van der Waals surface area contributed by atoms with E-state index in [4.69, 9.17) is 5.11 Å². The molecule has 0 aromatic carbocycles. The van der Waals surface area contributed by atoms with E-state index in [0.29, 0.717) is 22.4 Å². The van der Waals surface area contributed by atoms with Crippen LogP contribution in [0.5, 0.6) is 0 Å². The van der Waals surface area contributed by atoms with Gasteiger partial charge in [-0.3, -0.25) is 0 Å². The first kappa shape index (κ1) is 11.3. The quantitative estimate of drug-likeness (QED) is 0.915. The second-order valence-corrected chi connectivity index (χ2v) is 5.20. The summed E-state index contributed by atoms with van der Waals surface area (Å²) in [6.07, 6.45) is 2.29. The predicted octanol–water partition coefficient (Wildman–Crippen LogP) is 1.92. The minimum absolute atomic E-state index is 0.248. The fraction of sp³-hybridized carbons (Fsp3) is 0.455. The van der Waals surface area contributed by atoms with Gasteiger partial charge in [0.2, 0.25) is 5.13 Å². The number of aromatic nitrogens is 4. The zero-order valence-electron chi connectivity index (χ0n) is 10.0.